The van der Waals surface area contributed by atoms with Crippen molar-refractivity contribution in [3.63, 3.8) is 0 Å². The maximum Gasteiger partial charge on any atom is 0.252 e. The lowest BCUT2D eigenvalue weighted by Gasteiger charge is -2.30. The number of methoxy groups -OCH3 is 1. The molecule has 1 saturated heterocycles. The van der Waals surface area contributed by atoms with Gasteiger partial charge in [-0.2, -0.15) is 9.29 Å². The molecule has 3 aromatic rings. The summed E-state index contributed by atoms with van der Waals surface area (Å²) in [4.78, 5) is 16.9. The third kappa shape index (κ3) is 4.65. The summed E-state index contributed by atoms with van der Waals surface area (Å²) >= 11 is 7.21. The van der Waals surface area contributed by atoms with Crippen LogP contribution in [0.25, 0.3) is 11.4 Å². The number of hydrogen-bond donors (Lipinski definition) is 1. The van der Waals surface area contributed by atoms with Crippen LogP contribution in [0.2, 0.25) is 5.02 Å². The van der Waals surface area contributed by atoms with Gasteiger partial charge in [0.05, 0.1) is 18.1 Å². The van der Waals surface area contributed by atoms with Gasteiger partial charge in [0.2, 0.25) is 17.6 Å². The second-order valence-corrected chi connectivity index (χ2v) is 10.8. The topological polar surface area (TPSA) is 115 Å². The van der Waals surface area contributed by atoms with Crippen LogP contribution < -0.4 is 10.1 Å². The van der Waals surface area contributed by atoms with Crippen molar-refractivity contribution < 1.29 is 22.5 Å². The number of amides is 1. The van der Waals surface area contributed by atoms with Gasteiger partial charge >= 0.3 is 0 Å². The van der Waals surface area contributed by atoms with Crippen molar-refractivity contribution in [2.45, 2.75) is 24.0 Å². The van der Waals surface area contributed by atoms with Gasteiger partial charge in [0, 0.05) is 36.6 Å². The molecule has 0 saturated carbocycles. The molecule has 1 aliphatic heterocycles. The van der Waals surface area contributed by atoms with Crippen molar-refractivity contribution in [1.29, 1.82) is 0 Å². The Morgan fingerprint density at radius 1 is 1.38 bits per heavy atom. The molecule has 0 unspecified atom stereocenters. The summed E-state index contributed by atoms with van der Waals surface area (Å²) in [6, 6.07) is 6.48. The number of anilines is 1. The molecule has 1 fully saturated rings. The number of aromatic nitrogens is 2. The molecule has 32 heavy (non-hydrogen) atoms. The maximum absolute atomic E-state index is 13.2. The molecule has 0 bridgehead atoms. The van der Waals surface area contributed by atoms with Crippen molar-refractivity contribution in [2.75, 3.05) is 25.5 Å². The van der Waals surface area contributed by atoms with Crippen molar-refractivity contribution >= 4 is 44.6 Å². The molecule has 4 rings (SSSR count). The average molecular weight is 497 g/mol. The first-order valence-electron chi connectivity index (χ1n) is 9.81. The Morgan fingerprint density at radius 3 is 2.88 bits per heavy atom. The monoisotopic (exact) mass is 496 g/mol. The molecule has 0 aliphatic carbocycles. The minimum atomic E-state index is -3.75. The highest BCUT2D eigenvalue weighted by molar-refractivity contribution is 7.91. The standard InChI is InChI=1S/C20H21ClN4O5S2/c1-12-22-19(24-30-12)14-8-18(31-11-14)32(27,28)25-7-3-4-13(10-25)20(26)23-15-5-6-17(29-2)16(21)9-15/h5-6,8-9,11,13H,3-4,7,10H2,1-2H3,(H,23,26)/t13-/m0/s1. The van der Waals surface area contributed by atoms with Gasteiger partial charge in [-0.1, -0.05) is 16.8 Å². The van der Waals surface area contributed by atoms with E-state index in [1.54, 1.807) is 30.5 Å². The van der Waals surface area contributed by atoms with Gasteiger partial charge in [0.25, 0.3) is 10.0 Å². The first-order chi connectivity index (χ1) is 15.3. The lowest BCUT2D eigenvalue weighted by Crippen LogP contribution is -2.43. The second kappa shape index (κ2) is 9.18. The molecule has 1 aliphatic rings. The van der Waals surface area contributed by atoms with Gasteiger partial charge < -0.3 is 14.6 Å². The molecule has 0 radical (unpaired) electrons. The van der Waals surface area contributed by atoms with Crippen molar-refractivity contribution in [2.24, 2.45) is 5.92 Å². The van der Waals surface area contributed by atoms with E-state index in [2.05, 4.69) is 15.5 Å². The predicted molar refractivity (Wildman–Crippen MR) is 120 cm³/mol. The number of nitrogens with zero attached hydrogens (tertiary/aromatic N) is 3. The molecule has 9 nitrogen and oxygen atoms in total. The van der Waals surface area contributed by atoms with Crippen LogP contribution >= 0.6 is 22.9 Å². The lowest BCUT2D eigenvalue weighted by molar-refractivity contribution is -0.120. The molecule has 0 spiro atoms. The number of halogens is 1. The summed E-state index contributed by atoms with van der Waals surface area (Å²) in [5.74, 6) is 0.526. The second-order valence-electron chi connectivity index (χ2n) is 7.33. The van der Waals surface area contributed by atoms with E-state index in [4.69, 9.17) is 20.9 Å². The molecule has 2 aromatic heterocycles. The van der Waals surface area contributed by atoms with Gasteiger partial charge in [-0.25, -0.2) is 8.42 Å². The van der Waals surface area contributed by atoms with Crippen LogP contribution in [0.3, 0.4) is 0 Å². The normalized spacial score (nSPS) is 17.3. The fraction of sp³-hybridized carbons (Fsp3) is 0.350. The number of hydrogen-bond acceptors (Lipinski definition) is 8. The number of carbonyl (C=O) groups is 1. The number of nitrogens with one attached hydrogen (secondary N) is 1. The van der Waals surface area contributed by atoms with Crippen LogP contribution in [0.5, 0.6) is 5.75 Å². The summed E-state index contributed by atoms with van der Waals surface area (Å²) < 4.78 is 38.0. The minimum absolute atomic E-state index is 0.104. The molecule has 1 amide bonds. The zero-order valence-corrected chi connectivity index (χ0v) is 19.8. The number of sulfonamides is 1. The Bertz CT molecular complexity index is 1240. The van der Waals surface area contributed by atoms with E-state index in [1.165, 1.54) is 17.5 Å². The summed E-state index contributed by atoms with van der Waals surface area (Å²) in [6.07, 6.45) is 1.18. The average Bonchev–Trinajstić information content (AvgIpc) is 3.43. The number of rotatable bonds is 6. The van der Waals surface area contributed by atoms with E-state index in [1.807, 2.05) is 0 Å². The summed E-state index contributed by atoms with van der Waals surface area (Å²) in [5, 5.41) is 8.70. The van der Waals surface area contributed by atoms with Crippen molar-refractivity contribution in [3.05, 3.63) is 40.6 Å². The minimum Gasteiger partial charge on any atom is -0.495 e. The van der Waals surface area contributed by atoms with Crippen LogP contribution in [-0.4, -0.2) is 49.0 Å². The third-order valence-electron chi connectivity index (χ3n) is 5.13. The Kier molecular flexibility index (Phi) is 6.52. The molecule has 12 heteroatoms. The number of thiophene rings is 1. The zero-order chi connectivity index (χ0) is 22.9. The van der Waals surface area contributed by atoms with Gasteiger partial charge in [0.1, 0.15) is 9.96 Å². The lowest BCUT2D eigenvalue weighted by atomic mass is 9.98. The van der Waals surface area contributed by atoms with Gasteiger partial charge in [-0.15, -0.1) is 11.3 Å². The largest absolute Gasteiger partial charge is 0.495 e. The highest BCUT2D eigenvalue weighted by Gasteiger charge is 2.34. The maximum atomic E-state index is 13.2. The summed E-state index contributed by atoms with van der Waals surface area (Å²) in [5.41, 5.74) is 1.10. The number of ether oxygens (including phenoxy) is 1. The first-order valence-corrected chi connectivity index (χ1v) is 12.5. The van der Waals surface area contributed by atoms with E-state index in [0.29, 0.717) is 53.1 Å². The molecule has 1 N–H and O–H groups in total. The molecular formula is C20H21ClN4O5S2. The zero-order valence-electron chi connectivity index (χ0n) is 17.4. The Balaban J connectivity index is 1.46. The highest BCUT2D eigenvalue weighted by Crippen LogP contribution is 2.32. The fourth-order valence-electron chi connectivity index (χ4n) is 3.48. The Morgan fingerprint density at radius 2 is 2.19 bits per heavy atom. The van der Waals surface area contributed by atoms with Crippen LogP contribution in [0.1, 0.15) is 18.7 Å². The van der Waals surface area contributed by atoms with E-state index < -0.39 is 15.9 Å². The van der Waals surface area contributed by atoms with E-state index in [9.17, 15) is 13.2 Å². The molecule has 170 valence electrons. The van der Waals surface area contributed by atoms with Crippen LogP contribution in [0.4, 0.5) is 5.69 Å². The number of benzene rings is 1. The van der Waals surface area contributed by atoms with E-state index in [0.717, 1.165) is 11.3 Å². The first kappa shape index (κ1) is 22.7. The predicted octanol–water partition coefficient (Wildman–Crippen LogP) is 3.81. The number of carbonyl (C=O) groups excluding carboxylic acids is 1. The smallest absolute Gasteiger partial charge is 0.252 e. The molecule has 1 atom stereocenters. The fourth-order valence-corrected chi connectivity index (χ4v) is 6.57. The van der Waals surface area contributed by atoms with Gasteiger partial charge in [-0.3, -0.25) is 4.79 Å². The Labute approximate surface area is 194 Å². The molecular weight excluding hydrogens is 476 g/mol. The van der Waals surface area contributed by atoms with Crippen LogP contribution in [-0.2, 0) is 14.8 Å². The van der Waals surface area contributed by atoms with Crippen molar-refractivity contribution in [3.8, 4) is 17.1 Å². The summed E-state index contributed by atoms with van der Waals surface area (Å²) in [6.45, 7) is 2.13. The third-order valence-corrected chi connectivity index (χ3v) is 8.71. The van der Waals surface area contributed by atoms with E-state index in [-0.39, 0.29) is 16.7 Å². The SMILES string of the molecule is COc1ccc(NC(=O)[C@H]2CCCN(S(=O)(=O)c3cc(-c4noc(C)n4)cs3)C2)cc1Cl. The van der Waals surface area contributed by atoms with Crippen molar-refractivity contribution in [1.82, 2.24) is 14.4 Å². The van der Waals surface area contributed by atoms with Gasteiger partial charge in [0.15, 0.2) is 0 Å². The molecule has 1 aromatic carbocycles. The quantitative estimate of drug-likeness (QED) is 0.551. The molecule has 3 heterocycles. The number of piperidine rings is 1. The number of aryl methyl sites for hydroxylation is 1. The van der Waals surface area contributed by atoms with Crippen LogP contribution in [0.15, 0.2) is 38.4 Å². The highest BCUT2D eigenvalue weighted by atomic mass is 35.5. The van der Waals surface area contributed by atoms with Crippen LogP contribution in [0, 0.1) is 12.8 Å². The Hall–Kier alpha value is -2.47. The van der Waals surface area contributed by atoms with E-state index >= 15 is 0 Å². The summed E-state index contributed by atoms with van der Waals surface area (Å²) in [7, 11) is -2.24. The van der Waals surface area contributed by atoms with Gasteiger partial charge in [-0.05, 0) is 37.1 Å².